The van der Waals surface area contributed by atoms with Crippen LogP contribution in [0, 0.1) is 25.2 Å². The molecule has 1 fully saturated rings. The molecule has 5 heteroatoms. The van der Waals surface area contributed by atoms with Crippen LogP contribution in [0.1, 0.15) is 60.3 Å². The number of halogens is 1. The third kappa shape index (κ3) is 4.02. The molecule has 4 nitrogen and oxygen atoms in total. The van der Waals surface area contributed by atoms with Crippen molar-refractivity contribution in [2.24, 2.45) is 11.3 Å². The topological polar surface area (TPSA) is 46.9 Å². The van der Waals surface area contributed by atoms with Gasteiger partial charge in [-0.25, -0.2) is 0 Å². The third-order valence-electron chi connectivity index (χ3n) is 7.51. The lowest BCUT2D eigenvalue weighted by molar-refractivity contribution is 0.0950. The molecule has 1 N–H and O–H groups in total. The SMILES string of the molecule is CC1=C(NC(=O)c2cc(-c3ccc(Cl)c(C)c3)n(Cc3ccc(C)cc3)n2)C2(C)CCC1C2. The van der Waals surface area contributed by atoms with Gasteiger partial charge in [0.25, 0.3) is 5.91 Å². The number of hydrogen-bond acceptors (Lipinski definition) is 2. The Bertz CT molecular complexity index is 1270. The molecule has 1 amide bonds. The van der Waals surface area contributed by atoms with Gasteiger partial charge in [-0.3, -0.25) is 9.48 Å². The molecule has 170 valence electrons. The highest BCUT2D eigenvalue weighted by Crippen LogP contribution is 2.55. The number of fused-ring (bicyclic) bond motifs is 2. The summed E-state index contributed by atoms with van der Waals surface area (Å²) in [4.78, 5) is 13.3. The van der Waals surface area contributed by atoms with E-state index in [1.807, 2.05) is 29.8 Å². The molecule has 0 saturated heterocycles. The number of rotatable bonds is 5. The largest absolute Gasteiger partial charge is 0.324 e. The fourth-order valence-electron chi connectivity index (χ4n) is 5.50. The molecular formula is C28H30ClN3O. The quantitative estimate of drug-likeness (QED) is 0.461. The van der Waals surface area contributed by atoms with Gasteiger partial charge in [0.2, 0.25) is 0 Å². The molecule has 2 bridgehead atoms. The zero-order valence-electron chi connectivity index (χ0n) is 19.7. The molecule has 1 heterocycles. The molecule has 1 saturated carbocycles. The molecular weight excluding hydrogens is 430 g/mol. The van der Waals surface area contributed by atoms with Gasteiger partial charge in [0, 0.05) is 21.7 Å². The van der Waals surface area contributed by atoms with Gasteiger partial charge in [-0.2, -0.15) is 5.10 Å². The summed E-state index contributed by atoms with van der Waals surface area (Å²) in [6.45, 7) is 9.10. The van der Waals surface area contributed by atoms with Crippen molar-refractivity contribution in [3.05, 3.63) is 87.2 Å². The van der Waals surface area contributed by atoms with Crippen LogP contribution in [0.5, 0.6) is 0 Å². The molecule has 0 spiro atoms. The van der Waals surface area contributed by atoms with E-state index in [1.54, 1.807) is 0 Å². The van der Waals surface area contributed by atoms with Crippen molar-refractivity contribution in [1.29, 1.82) is 0 Å². The lowest BCUT2D eigenvalue weighted by atomic mass is 9.85. The van der Waals surface area contributed by atoms with E-state index in [4.69, 9.17) is 16.7 Å². The van der Waals surface area contributed by atoms with Crippen molar-refractivity contribution < 1.29 is 4.79 Å². The average Bonchev–Trinajstić information content (AvgIpc) is 3.45. The first-order valence-electron chi connectivity index (χ1n) is 11.7. The molecule has 2 atom stereocenters. The van der Waals surface area contributed by atoms with Gasteiger partial charge in [0.15, 0.2) is 5.69 Å². The summed E-state index contributed by atoms with van der Waals surface area (Å²) in [5.74, 6) is 0.477. The van der Waals surface area contributed by atoms with Gasteiger partial charge in [-0.1, -0.05) is 60.0 Å². The summed E-state index contributed by atoms with van der Waals surface area (Å²) in [7, 11) is 0. The van der Waals surface area contributed by atoms with Crippen molar-refractivity contribution >= 4 is 17.5 Å². The second-order valence-corrected chi connectivity index (χ2v) is 10.4. The standard InChI is InChI=1S/C28H30ClN3O/c1-17-5-7-20(8-6-17)16-32-25(21-9-10-23(29)18(2)13-21)14-24(31-32)27(33)30-26-19(3)22-11-12-28(26,4)15-22/h5-10,13-14,22H,11-12,15-16H2,1-4H3,(H,30,33). The molecule has 1 aromatic heterocycles. The van der Waals surface area contributed by atoms with E-state index in [0.717, 1.165) is 45.9 Å². The van der Waals surface area contributed by atoms with Crippen LogP contribution in [0.15, 0.2) is 59.8 Å². The van der Waals surface area contributed by atoms with E-state index < -0.39 is 0 Å². The number of nitrogens with one attached hydrogen (secondary N) is 1. The number of benzene rings is 2. The minimum Gasteiger partial charge on any atom is -0.324 e. The highest BCUT2D eigenvalue weighted by Gasteiger charge is 2.46. The highest BCUT2D eigenvalue weighted by atomic mass is 35.5. The maximum atomic E-state index is 13.3. The lowest BCUT2D eigenvalue weighted by Crippen LogP contribution is -2.32. The van der Waals surface area contributed by atoms with Crippen LogP contribution in [0.2, 0.25) is 5.02 Å². The summed E-state index contributed by atoms with van der Waals surface area (Å²) in [5.41, 5.74) is 8.24. The Morgan fingerprint density at radius 3 is 2.58 bits per heavy atom. The molecule has 2 unspecified atom stereocenters. The Morgan fingerprint density at radius 1 is 1.15 bits per heavy atom. The summed E-state index contributed by atoms with van der Waals surface area (Å²) >= 11 is 6.27. The second kappa shape index (κ2) is 8.18. The zero-order valence-corrected chi connectivity index (χ0v) is 20.5. The molecule has 0 aliphatic heterocycles. The Labute approximate surface area is 200 Å². The minimum atomic E-state index is -0.132. The van der Waals surface area contributed by atoms with Gasteiger partial charge < -0.3 is 5.32 Å². The second-order valence-electron chi connectivity index (χ2n) is 10.0. The third-order valence-corrected chi connectivity index (χ3v) is 7.93. The highest BCUT2D eigenvalue weighted by molar-refractivity contribution is 6.31. The number of carbonyl (C=O) groups is 1. The van der Waals surface area contributed by atoms with Crippen LogP contribution < -0.4 is 5.32 Å². The van der Waals surface area contributed by atoms with E-state index in [-0.39, 0.29) is 11.3 Å². The van der Waals surface area contributed by atoms with Crippen molar-refractivity contribution in [1.82, 2.24) is 15.1 Å². The maximum Gasteiger partial charge on any atom is 0.275 e. The van der Waals surface area contributed by atoms with Crippen molar-refractivity contribution in [3.63, 3.8) is 0 Å². The molecule has 2 aliphatic carbocycles. The van der Waals surface area contributed by atoms with Gasteiger partial charge in [-0.15, -0.1) is 0 Å². The predicted octanol–water partition coefficient (Wildman–Crippen LogP) is 6.69. The molecule has 0 radical (unpaired) electrons. The first kappa shape index (κ1) is 22.0. The molecule has 2 aliphatic rings. The number of amides is 1. The van der Waals surface area contributed by atoms with Gasteiger partial charge in [0.1, 0.15) is 0 Å². The van der Waals surface area contributed by atoms with Crippen molar-refractivity contribution in [2.75, 3.05) is 0 Å². The predicted molar refractivity (Wildman–Crippen MR) is 133 cm³/mol. The van der Waals surface area contributed by atoms with Crippen LogP contribution >= 0.6 is 11.6 Å². The molecule has 2 aromatic carbocycles. The number of nitrogens with zero attached hydrogens (tertiary/aromatic N) is 2. The number of allylic oxidation sites excluding steroid dienone is 2. The van der Waals surface area contributed by atoms with Crippen molar-refractivity contribution in [3.8, 4) is 11.3 Å². The summed E-state index contributed by atoms with van der Waals surface area (Å²) < 4.78 is 1.92. The van der Waals surface area contributed by atoms with Gasteiger partial charge in [-0.05, 0) is 75.3 Å². The van der Waals surface area contributed by atoms with E-state index in [0.29, 0.717) is 18.2 Å². The first-order chi connectivity index (χ1) is 15.7. The monoisotopic (exact) mass is 459 g/mol. The summed E-state index contributed by atoms with van der Waals surface area (Å²) in [5, 5.41) is 8.73. The fourth-order valence-corrected chi connectivity index (χ4v) is 5.61. The average molecular weight is 460 g/mol. The smallest absolute Gasteiger partial charge is 0.275 e. The Morgan fingerprint density at radius 2 is 1.91 bits per heavy atom. The summed E-state index contributed by atoms with van der Waals surface area (Å²) in [6, 6.07) is 16.3. The first-order valence-corrected chi connectivity index (χ1v) is 12.0. The van der Waals surface area contributed by atoms with E-state index >= 15 is 0 Å². The van der Waals surface area contributed by atoms with Crippen LogP contribution in [0.3, 0.4) is 0 Å². The van der Waals surface area contributed by atoms with Crippen LogP contribution in [-0.4, -0.2) is 15.7 Å². The number of aromatic nitrogens is 2. The van der Waals surface area contributed by atoms with Crippen LogP contribution in [-0.2, 0) is 6.54 Å². The zero-order chi connectivity index (χ0) is 23.3. The minimum absolute atomic E-state index is 0.0883. The van der Waals surface area contributed by atoms with Crippen LogP contribution in [0.4, 0.5) is 0 Å². The lowest BCUT2D eigenvalue weighted by Gasteiger charge is -2.27. The number of hydrogen-bond donors (Lipinski definition) is 1. The molecule has 5 rings (SSSR count). The van der Waals surface area contributed by atoms with E-state index in [1.165, 1.54) is 17.6 Å². The Hall–Kier alpha value is -2.85. The van der Waals surface area contributed by atoms with Gasteiger partial charge in [0.05, 0.1) is 12.2 Å². The van der Waals surface area contributed by atoms with Gasteiger partial charge >= 0.3 is 0 Å². The number of aryl methyl sites for hydroxylation is 2. The summed E-state index contributed by atoms with van der Waals surface area (Å²) in [6.07, 6.45) is 3.51. The fraction of sp³-hybridized carbons (Fsp3) is 0.357. The maximum absolute atomic E-state index is 13.3. The molecule has 3 aromatic rings. The normalized spacial score (nSPS) is 21.7. The van der Waals surface area contributed by atoms with E-state index in [2.05, 4.69) is 56.4 Å². The van der Waals surface area contributed by atoms with Crippen molar-refractivity contribution in [2.45, 2.75) is 53.5 Å². The van der Waals surface area contributed by atoms with E-state index in [9.17, 15) is 4.79 Å². The molecule has 33 heavy (non-hydrogen) atoms. The number of carbonyl (C=O) groups excluding carboxylic acids is 1. The Balaban J connectivity index is 1.50. The Kier molecular flexibility index (Phi) is 5.44. The van der Waals surface area contributed by atoms with Crippen LogP contribution in [0.25, 0.3) is 11.3 Å².